The van der Waals surface area contributed by atoms with Crippen molar-refractivity contribution in [2.24, 2.45) is 0 Å². The summed E-state index contributed by atoms with van der Waals surface area (Å²) in [6, 6.07) is 13.5. The van der Waals surface area contributed by atoms with Gasteiger partial charge in [0, 0.05) is 28.6 Å². The standard InChI is InChI=1S/C18H13ClN2O3/c1-10(22)20-13-5-2-11(3-6-13)17-9-15(18(23)24)14-8-12(19)4-7-16(14)21-17/h2-9H,1H3,(H,20,22)(H,23,24). The number of carboxylic acid groups (broad SMARTS) is 1. The Morgan fingerprint density at radius 3 is 2.42 bits per heavy atom. The van der Waals surface area contributed by atoms with Gasteiger partial charge in [0.15, 0.2) is 0 Å². The van der Waals surface area contributed by atoms with Crippen LogP contribution in [0.25, 0.3) is 22.2 Å². The lowest BCUT2D eigenvalue weighted by atomic mass is 10.0. The van der Waals surface area contributed by atoms with Crippen LogP contribution in [0.2, 0.25) is 5.02 Å². The van der Waals surface area contributed by atoms with Crippen molar-refractivity contribution >= 4 is 40.1 Å². The molecule has 3 aromatic rings. The molecule has 5 nitrogen and oxygen atoms in total. The number of hydrogen-bond donors (Lipinski definition) is 2. The highest BCUT2D eigenvalue weighted by molar-refractivity contribution is 6.31. The first-order valence-corrected chi connectivity index (χ1v) is 7.53. The van der Waals surface area contributed by atoms with Crippen molar-refractivity contribution in [2.45, 2.75) is 6.92 Å². The van der Waals surface area contributed by atoms with Crippen LogP contribution in [0.5, 0.6) is 0 Å². The molecule has 1 heterocycles. The minimum atomic E-state index is -1.04. The number of rotatable bonds is 3. The van der Waals surface area contributed by atoms with Crippen LogP contribution in [0, 0.1) is 0 Å². The summed E-state index contributed by atoms with van der Waals surface area (Å²) >= 11 is 5.96. The predicted octanol–water partition coefficient (Wildman–Crippen LogP) is 4.21. The van der Waals surface area contributed by atoms with Crippen molar-refractivity contribution in [1.29, 1.82) is 0 Å². The van der Waals surface area contributed by atoms with Gasteiger partial charge in [-0.3, -0.25) is 4.79 Å². The zero-order valence-corrected chi connectivity index (χ0v) is 13.5. The fraction of sp³-hybridized carbons (Fsp3) is 0.0556. The summed E-state index contributed by atoms with van der Waals surface area (Å²) in [5.41, 5.74) is 2.65. The van der Waals surface area contributed by atoms with Crippen molar-refractivity contribution in [3.05, 3.63) is 59.1 Å². The first kappa shape index (κ1) is 16.0. The van der Waals surface area contributed by atoms with E-state index in [2.05, 4.69) is 10.3 Å². The van der Waals surface area contributed by atoms with E-state index in [1.165, 1.54) is 13.0 Å². The molecule has 2 aromatic carbocycles. The lowest BCUT2D eigenvalue weighted by molar-refractivity contribution is -0.114. The van der Waals surface area contributed by atoms with Gasteiger partial charge < -0.3 is 10.4 Å². The predicted molar refractivity (Wildman–Crippen MR) is 93.5 cm³/mol. The van der Waals surface area contributed by atoms with Gasteiger partial charge in [0.05, 0.1) is 16.8 Å². The highest BCUT2D eigenvalue weighted by Crippen LogP contribution is 2.27. The van der Waals surface area contributed by atoms with Gasteiger partial charge in [-0.15, -0.1) is 0 Å². The third-order valence-electron chi connectivity index (χ3n) is 3.50. The minimum Gasteiger partial charge on any atom is -0.478 e. The van der Waals surface area contributed by atoms with Crippen molar-refractivity contribution in [3.63, 3.8) is 0 Å². The number of amides is 1. The second kappa shape index (κ2) is 6.29. The number of hydrogen-bond acceptors (Lipinski definition) is 3. The number of pyridine rings is 1. The fourth-order valence-electron chi connectivity index (χ4n) is 2.45. The number of carbonyl (C=O) groups is 2. The van der Waals surface area contributed by atoms with E-state index in [4.69, 9.17) is 11.6 Å². The summed E-state index contributed by atoms with van der Waals surface area (Å²) in [5, 5.41) is 13.1. The van der Waals surface area contributed by atoms with Crippen molar-refractivity contribution in [1.82, 2.24) is 4.98 Å². The summed E-state index contributed by atoms with van der Waals surface area (Å²) in [5.74, 6) is -1.20. The highest BCUT2D eigenvalue weighted by atomic mass is 35.5. The molecule has 0 saturated carbocycles. The molecule has 24 heavy (non-hydrogen) atoms. The normalized spacial score (nSPS) is 10.6. The lowest BCUT2D eigenvalue weighted by Crippen LogP contribution is -2.05. The van der Waals surface area contributed by atoms with Gasteiger partial charge in [0.1, 0.15) is 0 Å². The van der Waals surface area contributed by atoms with Crippen LogP contribution in [0.3, 0.4) is 0 Å². The monoisotopic (exact) mass is 340 g/mol. The van der Waals surface area contributed by atoms with Gasteiger partial charge in [-0.2, -0.15) is 0 Å². The lowest BCUT2D eigenvalue weighted by Gasteiger charge is -2.08. The topological polar surface area (TPSA) is 79.3 Å². The Hall–Kier alpha value is -2.92. The molecular weight excluding hydrogens is 328 g/mol. The smallest absolute Gasteiger partial charge is 0.336 e. The highest BCUT2D eigenvalue weighted by Gasteiger charge is 2.13. The Morgan fingerprint density at radius 2 is 1.79 bits per heavy atom. The molecular formula is C18H13ClN2O3. The molecule has 0 aliphatic heterocycles. The van der Waals surface area contributed by atoms with E-state index in [9.17, 15) is 14.7 Å². The molecule has 120 valence electrons. The molecule has 0 saturated heterocycles. The third-order valence-corrected chi connectivity index (χ3v) is 3.74. The Labute approximate surface area is 142 Å². The maximum absolute atomic E-state index is 11.6. The Kier molecular flexibility index (Phi) is 4.18. The van der Waals surface area contributed by atoms with Crippen LogP contribution in [-0.4, -0.2) is 22.0 Å². The van der Waals surface area contributed by atoms with Gasteiger partial charge in [-0.05, 0) is 36.4 Å². The Balaban J connectivity index is 2.11. The number of aromatic nitrogens is 1. The second-order valence-electron chi connectivity index (χ2n) is 5.28. The SMILES string of the molecule is CC(=O)Nc1ccc(-c2cc(C(=O)O)c3cc(Cl)ccc3n2)cc1. The van der Waals surface area contributed by atoms with E-state index >= 15 is 0 Å². The number of carboxylic acids is 1. The number of nitrogens with one attached hydrogen (secondary N) is 1. The summed E-state index contributed by atoms with van der Waals surface area (Å²) in [4.78, 5) is 27.1. The Bertz CT molecular complexity index is 952. The molecule has 0 unspecified atom stereocenters. The molecule has 0 fully saturated rings. The van der Waals surface area contributed by atoms with Gasteiger partial charge in [-0.1, -0.05) is 23.7 Å². The maximum Gasteiger partial charge on any atom is 0.336 e. The van der Waals surface area contributed by atoms with Crippen LogP contribution in [0.4, 0.5) is 5.69 Å². The number of anilines is 1. The first-order chi connectivity index (χ1) is 11.4. The molecule has 1 aromatic heterocycles. The number of aromatic carboxylic acids is 1. The van der Waals surface area contributed by atoms with Crippen LogP contribution in [0.15, 0.2) is 48.5 Å². The fourth-order valence-corrected chi connectivity index (χ4v) is 2.62. The summed E-state index contributed by atoms with van der Waals surface area (Å²) in [7, 11) is 0. The molecule has 6 heteroatoms. The van der Waals surface area contributed by atoms with Crippen molar-refractivity contribution in [2.75, 3.05) is 5.32 Å². The van der Waals surface area contributed by atoms with Gasteiger partial charge >= 0.3 is 5.97 Å². The quantitative estimate of drug-likeness (QED) is 0.748. The number of benzene rings is 2. The Morgan fingerprint density at radius 1 is 1.08 bits per heavy atom. The average Bonchev–Trinajstić information content (AvgIpc) is 2.54. The van der Waals surface area contributed by atoms with E-state index in [0.717, 1.165) is 5.56 Å². The van der Waals surface area contributed by atoms with Gasteiger partial charge in [-0.25, -0.2) is 9.78 Å². The maximum atomic E-state index is 11.6. The molecule has 3 rings (SSSR count). The van der Waals surface area contributed by atoms with Crippen molar-refractivity contribution in [3.8, 4) is 11.3 Å². The molecule has 0 aliphatic carbocycles. The molecule has 0 spiro atoms. The van der Waals surface area contributed by atoms with Crippen molar-refractivity contribution < 1.29 is 14.7 Å². The van der Waals surface area contributed by atoms with E-state index < -0.39 is 5.97 Å². The third kappa shape index (κ3) is 3.21. The molecule has 2 N–H and O–H groups in total. The van der Waals surface area contributed by atoms with E-state index in [1.54, 1.807) is 42.5 Å². The summed E-state index contributed by atoms with van der Waals surface area (Å²) in [6.07, 6.45) is 0. The number of nitrogens with zero attached hydrogens (tertiary/aromatic N) is 1. The zero-order valence-electron chi connectivity index (χ0n) is 12.7. The van der Waals surface area contributed by atoms with Crippen LogP contribution >= 0.6 is 11.6 Å². The number of halogens is 1. The molecule has 1 amide bonds. The van der Waals surface area contributed by atoms with Gasteiger partial charge in [0.2, 0.25) is 5.91 Å². The largest absolute Gasteiger partial charge is 0.478 e. The molecule has 0 bridgehead atoms. The van der Waals surface area contributed by atoms with Crippen LogP contribution < -0.4 is 5.32 Å². The van der Waals surface area contributed by atoms with Crippen LogP contribution in [0.1, 0.15) is 17.3 Å². The number of fused-ring (bicyclic) bond motifs is 1. The molecule has 0 radical (unpaired) electrons. The molecule has 0 atom stereocenters. The van der Waals surface area contributed by atoms with E-state index in [0.29, 0.717) is 27.3 Å². The summed E-state index contributed by atoms with van der Waals surface area (Å²) in [6.45, 7) is 1.43. The summed E-state index contributed by atoms with van der Waals surface area (Å²) < 4.78 is 0. The zero-order chi connectivity index (χ0) is 17.3. The first-order valence-electron chi connectivity index (χ1n) is 7.15. The molecule has 0 aliphatic rings. The minimum absolute atomic E-state index is 0.142. The second-order valence-corrected chi connectivity index (χ2v) is 5.72. The van der Waals surface area contributed by atoms with Crippen LogP contribution in [-0.2, 0) is 4.79 Å². The van der Waals surface area contributed by atoms with E-state index in [-0.39, 0.29) is 11.5 Å². The van der Waals surface area contributed by atoms with Gasteiger partial charge in [0.25, 0.3) is 0 Å². The number of carbonyl (C=O) groups excluding carboxylic acids is 1. The average molecular weight is 341 g/mol. The van der Waals surface area contributed by atoms with E-state index in [1.807, 2.05) is 0 Å².